The van der Waals surface area contributed by atoms with Crippen LogP contribution in [-0.4, -0.2) is 34.1 Å². The van der Waals surface area contributed by atoms with Crippen molar-refractivity contribution in [3.8, 4) is 5.75 Å². The lowest BCUT2D eigenvalue weighted by molar-refractivity contribution is -0.135. The Morgan fingerprint density at radius 3 is 2.25 bits per heavy atom. The number of benzene rings is 1. The summed E-state index contributed by atoms with van der Waals surface area (Å²) in [7, 11) is 0. The van der Waals surface area contributed by atoms with E-state index in [1.54, 1.807) is 36.4 Å². The Hall–Kier alpha value is -2.93. The second-order valence-electron chi connectivity index (χ2n) is 5.46. The Bertz CT molecular complexity index is 700. The summed E-state index contributed by atoms with van der Waals surface area (Å²) in [6.07, 6.45) is 3.08. The monoisotopic (exact) mass is 329 g/mol. The number of pyridine rings is 1. The van der Waals surface area contributed by atoms with Gasteiger partial charge in [0.2, 0.25) is 5.91 Å². The lowest BCUT2D eigenvalue weighted by atomic mass is 10.1. The molecular formula is C17H19N3O4. The average Bonchev–Trinajstić information content (AvgIpc) is 2.54. The van der Waals surface area contributed by atoms with Crippen LogP contribution in [-0.2, 0) is 9.59 Å². The zero-order valence-electron chi connectivity index (χ0n) is 13.4. The standard InChI is InChI=1S/C17H19N3O4/c1-12(21)19-13-3-5-15(6-4-13)24-11-17(2,23)16(22)20-14-7-9-18-10-8-14/h3-10,23H,11H2,1-2H3,(H,19,21)(H,18,20,22)/t17-/m0/s1. The molecule has 2 rings (SSSR count). The van der Waals surface area contributed by atoms with Gasteiger partial charge in [0.25, 0.3) is 5.91 Å². The highest BCUT2D eigenvalue weighted by Crippen LogP contribution is 2.18. The molecule has 24 heavy (non-hydrogen) atoms. The highest BCUT2D eigenvalue weighted by molar-refractivity contribution is 5.96. The molecule has 7 nitrogen and oxygen atoms in total. The lowest BCUT2D eigenvalue weighted by Gasteiger charge is -2.22. The van der Waals surface area contributed by atoms with Crippen molar-refractivity contribution in [1.82, 2.24) is 4.98 Å². The van der Waals surface area contributed by atoms with Gasteiger partial charge in [-0.15, -0.1) is 0 Å². The van der Waals surface area contributed by atoms with Crippen LogP contribution in [0.2, 0.25) is 0 Å². The van der Waals surface area contributed by atoms with Crippen LogP contribution in [0.3, 0.4) is 0 Å². The molecular weight excluding hydrogens is 310 g/mol. The number of amides is 2. The molecule has 0 saturated carbocycles. The maximum absolute atomic E-state index is 12.1. The number of carbonyl (C=O) groups is 2. The number of nitrogens with one attached hydrogen (secondary N) is 2. The van der Waals surface area contributed by atoms with Gasteiger partial charge < -0.3 is 20.5 Å². The first-order valence-corrected chi connectivity index (χ1v) is 7.31. The maximum Gasteiger partial charge on any atom is 0.259 e. The van der Waals surface area contributed by atoms with Crippen LogP contribution in [0.1, 0.15) is 13.8 Å². The second kappa shape index (κ2) is 7.56. The second-order valence-corrected chi connectivity index (χ2v) is 5.46. The van der Waals surface area contributed by atoms with Crippen molar-refractivity contribution in [2.45, 2.75) is 19.4 Å². The Kier molecular flexibility index (Phi) is 5.49. The molecule has 1 aromatic carbocycles. The van der Waals surface area contributed by atoms with Crippen molar-refractivity contribution in [1.29, 1.82) is 0 Å². The van der Waals surface area contributed by atoms with Crippen LogP contribution in [0.4, 0.5) is 11.4 Å². The smallest absolute Gasteiger partial charge is 0.259 e. The van der Waals surface area contributed by atoms with Crippen LogP contribution < -0.4 is 15.4 Å². The molecule has 1 aromatic heterocycles. The largest absolute Gasteiger partial charge is 0.490 e. The van der Waals surface area contributed by atoms with Gasteiger partial charge in [-0.25, -0.2) is 0 Å². The molecule has 1 atom stereocenters. The minimum absolute atomic E-state index is 0.167. The molecule has 0 aliphatic rings. The SMILES string of the molecule is CC(=O)Nc1ccc(OC[C@](C)(O)C(=O)Nc2ccncc2)cc1. The van der Waals surface area contributed by atoms with Crippen LogP contribution in [0, 0.1) is 0 Å². The van der Waals surface area contributed by atoms with Crippen molar-refractivity contribution in [2.24, 2.45) is 0 Å². The van der Waals surface area contributed by atoms with E-state index in [1.165, 1.54) is 26.2 Å². The van der Waals surface area contributed by atoms with Gasteiger partial charge >= 0.3 is 0 Å². The summed E-state index contributed by atoms with van der Waals surface area (Å²) in [6.45, 7) is 2.57. The zero-order chi connectivity index (χ0) is 17.6. The summed E-state index contributed by atoms with van der Waals surface area (Å²) in [5, 5.41) is 15.5. The quantitative estimate of drug-likeness (QED) is 0.750. The van der Waals surface area contributed by atoms with Gasteiger partial charge in [0.05, 0.1) is 0 Å². The summed E-state index contributed by atoms with van der Waals surface area (Å²) in [5.41, 5.74) is -0.536. The van der Waals surface area contributed by atoms with E-state index in [4.69, 9.17) is 4.74 Å². The highest BCUT2D eigenvalue weighted by Gasteiger charge is 2.31. The number of aliphatic hydroxyl groups is 1. The summed E-state index contributed by atoms with van der Waals surface area (Å²) in [6, 6.07) is 9.86. The summed E-state index contributed by atoms with van der Waals surface area (Å²) < 4.78 is 5.45. The fourth-order valence-corrected chi connectivity index (χ4v) is 1.83. The number of nitrogens with zero attached hydrogens (tertiary/aromatic N) is 1. The lowest BCUT2D eigenvalue weighted by Crippen LogP contribution is -2.45. The molecule has 0 radical (unpaired) electrons. The average molecular weight is 329 g/mol. The Balaban J connectivity index is 1.91. The third kappa shape index (κ3) is 5.06. The van der Waals surface area contributed by atoms with E-state index in [1.807, 2.05) is 0 Å². The van der Waals surface area contributed by atoms with Gasteiger partial charge in [-0.05, 0) is 43.3 Å². The molecule has 1 heterocycles. The van der Waals surface area contributed by atoms with E-state index < -0.39 is 11.5 Å². The van der Waals surface area contributed by atoms with E-state index in [0.29, 0.717) is 17.1 Å². The Labute approximate surface area is 139 Å². The molecule has 0 spiro atoms. The number of carbonyl (C=O) groups excluding carboxylic acids is 2. The molecule has 0 aliphatic heterocycles. The summed E-state index contributed by atoms with van der Waals surface area (Å²) in [4.78, 5) is 26.9. The number of aromatic nitrogens is 1. The van der Waals surface area contributed by atoms with Crippen molar-refractivity contribution < 1.29 is 19.4 Å². The minimum Gasteiger partial charge on any atom is -0.490 e. The number of hydrogen-bond acceptors (Lipinski definition) is 5. The van der Waals surface area contributed by atoms with E-state index in [2.05, 4.69) is 15.6 Å². The van der Waals surface area contributed by atoms with E-state index >= 15 is 0 Å². The number of anilines is 2. The van der Waals surface area contributed by atoms with Gasteiger partial charge in [0, 0.05) is 30.7 Å². The van der Waals surface area contributed by atoms with Gasteiger partial charge in [-0.2, -0.15) is 0 Å². The molecule has 126 valence electrons. The van der Waals surface area contributed by atoms with Crippen LogP contribution >= 0.6 is 0 Å². The third-order valence-electron chi connectivity index (χ3n) is 3.12. The molecule has 7 heteroatoms. The normalized spacial score (nSPS) is 12.8. The predicted molar refractivity (Wildman–Crippen MR) is 89.7 cm³/mol. The molecule has 2 amide bonds. The minimum atomic E-state index is -1.71. The molecule has 0 saturated heterocycles. The summed E-state index contributed by atoms with van der Waals surface area (Å²) in [5.74, 6) is -0.274. The van der Waals surface area contributed by atoms with Gasteiger partial charge in [0.1, 0.15) is 12.4 Å². The van der Waals surface area contributed by atoms with Gasteiger partial charge in [-0.3, -0.25) is 14.6 Å². The topological polar surface area (TPSA) is 101 Å². The van der Waals surface area contributed by atoms with Crippen LogP contribution in [0.15, 0.2) is 48.8 Å². The fourth-order valence-electron chi connectivity index (χ4n) is 1.83. The highest BCUT2D eigenvalue weighted by atomic mass is 16.5. The van der Waals surface area contributed by atoms with Crippen molar-refractivity contribution in [3.05, 3.63) is 48.8 Å². The van der Waals surface area contributed by atoms with Crippen LogP contribution in [0.5, 0.6) is 5.75 Å². The van der Waals surface area contributed by atoms with Gasteiger partial charge in [0.15, 0.2) is 5.60 Å². The molecule has 0 bridgehead atoms. The third-order valence-corrected chi connectivity index (χ3v) is 3.12. The number of hydrogen-bond donors (Lipinski definition) is 3. The Morgan fingerprint density at radius 1 is 1.08 bits per heavy atom. The van der Waals surface area contributed by atoms with Gasteiger partial charge in [-0.1, -0.05) is 0 Å². The van der Waals surface area contributed by atoms with Crippen molar-refractivity contribution in [2.75, 3.05) is 17.2 Å². The molecule has 3 N–H and O–H groups in total. The zero-order valence-corrected chi connectivity index (χ0v) is 13.4. The first-order valence-electron chi connectivity index (χ1n) is 7.31. The molecule has 0 fully saturated rings. The van der Waals surface area contributed by atoms with Crippen LogP contribution in [0.25, 0.3) is 0 Å². The first kappa shape index (κ1) is 17.4. The van der Waals surface area contributed by atoms with E-state index in [9.17, 15) is 14.7 Å². The number of rotatable bonds is 6. The predicted octanol–water partition coefficient (Wildman–Crippen LogP) is 1.81. The van der Waals surface area contributed by atoms with E-state index in [0.717, 1.165) is 0 Å². The van der Waals surface area contributed by atoms with E-state index in [-0.39, 0.29) is 12.5 Å². The molecule has 2 aromatic rings. The Morgan fingerprint density at radius 2 is 1.67 bits per heavy atom. The molecule has 0 aliphatic carbocycles. The van der Waals surface area contributed by atoms with Crippen molar-refractivity contribution >= 4 is 23.2 Å². The number of ether oxygens (including phenoxy) is 1. The molecule has 0 unspecified atom stereocenters. The maximum atomic E-state index is 12.1. The first-order chi connectivity index (χ1) is 11.4. The fraction of sp³-hybridized carbons (Fsp3) is 0.235. The summed E-state index contributed by atoms with van der Waals surface area (Å²) >= 11 is 0. The van der Waals surface area contributed by atoms with Crippen molar-refractivity contribution in [3.63, 3.8) is 0 Å².